The van der Waals surface area contributed by atoms with Crippen molar-refractivity contribution < 1.29 is 24.2 Å². The maximum atomic E-state index is 13.2. The highest BCUT2D eigenvalue weighted by Crippen LogP contribution is 2.40. The largest absolute Gasteiger partial charge is 0.712 e. The van der Waals surface area contributed by atoms with E-state index < -0.39 is 23.1 Å². The molecule has 0 aliphatic carbocycles. The second-order valence-corrected chi connectivity index (χ2v) is 10.8. The van der Waals surface area contributed by atoms with Crippen LogP contribution in [-0.2, 0) is 9.94 Å². The van der Waals surface area contributed by atoms with E-state index in [4.69, 9.17) is 9.47 Å². The number of esters is 1. The third-order valence-electron chi connectivity index (χ3n) is 7.68. The Morgan fingerprint density at radius 1 is 0.861 bits per heavy atom. The number of unbranched alkanes of at least 4 members (excludes halogenated alkanes) is 10. The van der Waals surface area contributed by atoms with Crippen molar-refractivity contribution in [3.8, 4) is 5.75 Å². The van der Waals surface area contributed by atoms with Crippen molar-refractivity contribution in [2.24, 2.45) is 0 Å². The van der Waals surface area contributed by atoms with Crippen LogP contribution in [0.5, 0.6) is 5.75 Å². The second-order valence-electron chi connectivity index (χ2n) is 10.8. The van der Waals surface area contributed by atoms with Crippen LogP contribution >= 0.6 is 0 Å². The summed E-state index contributed by atoms with van der Waals surface area (Å²) in [7, 11) is 0. The summed E-state index contributed by atoms with van der Waals surface area (Å²) in [5.74, 6) is -0.0500. The van der Waals surface area contributed by atoms with Crippen molar-refractivity contribution in [2.45, 2.75) is 129 Å². The number of hydrogen-bond acceptors (Lipinski definition) is 5. The lowest BCUT2D eigenvalue weighted by atomic mass is 9.78. The Bertz CT molecular complexity index is 837. The average molecular weight is 504 g/mol. The minimum Gasteiger partial charge on any atom is -0.712 e. The third-order valence-corrected chi connectivity index (χ3v) is 7.68. The van der Waals surface area contributed by atoms with Crippen LogP contribution in [0.1, 0.15) is 128 Å². The van der Waals surface area contributed by atoms with Gasteiger partial charge in [-0.25, -0.2) is 9.53 Å². The van der Waals surface area contributed by atoms with E-state index in [0.29, 0.717) is 28.6 Å². The first-order chi connectivity index (χ1) is 17.2. The monoisotopic (exact) mass is 503 g/mol. The molecule has 0 saturated carbocycles. The van der Waals surface area contributed by atoms with Crippen LogP contribution in [0.15, 0.2) is 24.3 Å². The number of rotatable bonds is 16. The predicted octanol–water partition coefficient (Wildman–Crippen LogP) is 7.40. The molecule has 0 amide bonds. The lowest BCUT2D eigenvalue weighted by Gasteiger charge is -2.35. The molecule has 0 aromatic heterocycles. The van der Waals surface area contributed by atoms with Gasteiger partial charge in [0.15, 0.2) is 11.1 Å². The van der Waals surface area contributed by atoms with Crippen LogP contribution in [0.25, 0.3) is 0 Å². The first-order valence-electron chi connectivity index (χ1n) is 14.0. The normalized spacial score (nSPS) is 19.1. The van der Waals surface area contributed by atoms with E-state index in [1.54, 1.807) is 45.0 Å². The van der Waals surface area contributed by atoms with Crippen molar-refractivity contribution in [3.05, 3.63) is 35.0 Å². The molecule has 36 heavy (non-hydrogen) atoms. The topological polar surface area (TPSA) is 84.7 Å². The molecule has 1 aliphatic rings. The van der Waals surface area contributed by atoms with Crippen molar-refractivity contribution in [2.75, 3.05) is 6.61 Å². The Morgan fingerprint density at radius 2 is 1.39 bits per heavy atom. The summed E-state index contributed by atoms with van der Waals surface area (Å²) in [5, 5.41) is 26.8. The van der Waals surface area contributed by atoms with E-state index in [0.717, 1.165) is 32.1 Å². The van der Waals surface area contributed by atoms with Crippen molar-refractivity contribution in [3.63, 3.8) is 0 Å². The molecular weight excluding hydrogens is 456 g/mol. The minimum atomic E-state index is -1.03. The Balaban J connectivity index is 1.93. The summed E-state index contributed by atoms with van der Waals surface area (Å²) in [6, 6.07) is 6.13. The molecule has 7 nitrogen and oxygen atoms in total. The van der Waals surface area contributed by atoms with Crippen molar-refractivity contribution >= 4 is 12.0 Å². The van der Waals surface area contributed by atoms with Gasteiger partial charge in [0, 0.05) is 5.21 Å². The Hall–Kier alpha value is -2.28. The fourth-order valence-corrected chi connectivity index (χ4v) is 4.64. The molecule has 1 aliphatic heterocycles. The van der Waals surface area contributed by atoms with E-state index in [-0.39, 0.29) is 5.56 Å². The zero-order valence-corrected chi connectivity index (χ0v) is 23.1. The average Bonchev–Trinajstić information content (AvgIpc) is 2.99. The van der Waals surface area contributed by atoms with Gasteiger partial charge in [-0.3, -0.25) is 0 Å². The SMILES string of the molecule is CCCCCCCCOc1ccc(C(=O)OC2=[N+]([O-])[C@@](C)(CCCCCCCC)C(C)(C)N2[O])cc1. The standard InChI is InChI=1S/C29H47N2O5/c1-6-8-10-12-14-16-22-29(5)28(3,4)30(33)27(31(29)34)36-26(32)24-18-20-25(21-19-24)35-23-17-15-13-11-9-7-2/h18-21H,6-17,22-23H2,1-5H3/t29-/m0/s1. The van der Waals surface area contributed by atoms with Gasteiger partial charge < -0.3 is 14.7 Å². The lowest BCUT2D eigenvalue weighted by molar-refractivity contribution is -0.552. The number of carbonyl (C=O) groups is 1. The number of carbonyl (C=O) groups excluding carboxylic acids is 1. The molecule has 2 rings (SSSR count). The summed E-state index contributed by atoms with van der Waals surface area (Å²) in [6.07, 6.45) is 14.3. The lowest BCUT2D eigenvalue weighted by Crippen LogP contribution is -2.55. The Labute approximate surface area is 218 Å². The van der Waals surface area contributed by atoms with Crippen LogP contribution in [0.4, 0.5) is 0 Å². The van der Waals surface area contributed by atoms with Crippen LogP contribution in [0.2, 0.25) is 0 Å². The Morgan fingerprint density at radius 3 is 1.97 bits per heavy atom. The van der Waals surface area contributed by atoms with Gasteiger partial charge in [0.2, 0.25) is 0 Å². The molecule has 0 unspecified atom stereocenters. The molecule has 203 valence electrons. The van der Waals surface area contributed by atoms with Gasteiger partial charge >= 0.3 is 12.0 Å². The number of hydroxylamine groups is 3. The van der Waals surface area contributed by atoms with Gasteiger partial charge in [-0.1, -0.05) is 78.1 Å². The maximum absolute atomic E-state index is 13.2. The van der Waals surface area contributed by atoms with Crippen LogP contribution in [0, 0.1) is 5.21 Å². The second kappa shape index (κ2) is 14.5. The van der Waals surface area contributed by atoms with E-state index in [9.17, 15) is 15.2 Å². The van der Waals surface area contributed by atoms with Crippen molar-refractivity contribution in [1.29, 1.82) is 0 Å². The molecular formula is C29H47N2O5. The number of ether oxygens (including phenoxy) is 2. The number of nitrogens with zero attached hydrogens (tertiary/aromatic N) is 2. The molecule has 1 aromatic carbocycles. The van der Waals surface area contributed by atoms with E-state index >= 15 is 0 Å². The number of benzene rings is 1. The zero-order valence-electron chi connectivity index (χ0n) is 23.1. The molecule has 0 spiro atoms. The van der Waals surface area contributed by atoms with Crippen LogP contribution in [-0.4, -0.2) is 39.5 Å². The molecule has 7 heteroatoms. The number of hydrogen-bond donors (Lipinski definition) is 0. The zero-order chi connectivity index (χ0) is 26.6. The van der Waals surface area contributed by atoms with Gasteiger partial charge in [0.05, 0.1) is 12.2 Å². The third kappa shape index (κ3) is 7.61. The number of amidine groups is 1. The molecule has 1 aromatic rings. The molecule has 0 bridgehead atoms. The molecule has 0 saturated heterocycles. The summed E-state index contributed by atoms with van der Waals surface area (Å²) < 4.78 is 11.7. The fourth-order valence-electron chi connectivity index (χ4n) is 4.64. The van der Waals surface area contributed by atoms with Gasteiger partial charge in [-0.2, -0.15) is 0 Å². The van der Waals surface area contributed by atoms with Crippen molar-refractivity contribution in [1.82, 2.24) is 5.06 Å². The molecule has 0 N–H and O–H groups in total. The summed E-state index contributed by atoms with van der Waals surface area (Å²) in [5.41, 5.74) is -1.75. The highest BCUT2D eigenvalue weighted by molar-refractivity contribution is 5.96. The molecule has 1 heterocycles. The van der Waals surface area contributed by atoms with Gasteiger partial charge in [-0.05, 0) is 69.4 Å². The quantitative estimate of drug-likeness (QED) is 0.102. The van der Waals surface area contributed by atoms with Crippen LogP contribution < -0.4 is 4.74 Å². The van der Waals surface area contributed by atoms with Gasteiger partial charge in [-0.15, -0.1) is 0 Å². The highest BCUT2D eigenvalue weighted by Gasteiger charge is 2.63. The van der Waals surface area contributed by atoms with Gasteiger partial charge in [0.25, 0.3) is 0 Å². The molecule has 0 fully saturated rings. The van der Waals surface area contributed by atoms with Crippen LogP contribution in [0.3, 0.4) is 0 Å². The maximum Gasteiger partial charge on any atom is 0.492 e. The van der Waals surface area contributed by atoms with Gasteiger partial charge in [0.1, 0.15) is 5.75 Å². The first kappa shape index (κ1) is 29.9. The Kier molecular flexibility index (Phi) is 12.0. The molecule has 1 atom stereocenters. The summed E-state index contributed by atoms with van der Waals surface area (Å²) in [6.45, 7) is 10.3. The van der Waals surface area contributed by atoms with E-state index in [1.807, 2.05) is 0 Å². The van der Waals surface area contributed by atoms with E-state index in [1.165, 1.54) is 44.9 Å². The van der Waals surface area contributed by atoms with E-state index in [2.05, 4.69) is 13.8 Å². The minimum absolute atomic E-state index is 0.263. The fraction of sp³-hybridized carbons (Fsp3) is 0.724. The summed E-state index contributed by atoms with van der Waals surface area (Å²) >= 11 is 0. The molecule has 1 radical (unpaired) electrons. The smallest absolute Gasteiger partial charge is 0.492 e. The predicted molar refractivity (Wildman–Crippen MR) is 142 cm³/mol. The first-order valence-corrected chi connectivity index (χ1v) is 14.0. The highest BCUT2D eigenvalue weighted by atomic mass is 16.7. The summed E-state index contributed by atoms with van der Waals surface area (Å²) in [4.78, 5) is 12.8.